The molecule has 0 N–H and O–H groups in total. The average molecular weight is 436 g/mol. The van der Waals surface area contributed by atoms with Crippen LogP contribution in [0.25, 0.3) is 55.7 Å². The number of benzene rings is 4. The van der Waals surface area contributed by atoms with Crippen molar-refractivity contribution in [2.24, 2.45) is 0 Å². The van der Waals surface area contributed by atoms with E-state index in [0.717, 1.165) is 33.8 Å². The van der Waals surface area contributed by atoms with Crippen LogP contribution in [0, 0.1) is 0 Å². The maximum atomic E-state index is 4.84. The van der Waals surface area contributed by atoms with Crippen LogP contribution in [-0.2, 0) is 0 Å². The van der Waals surface area contributed by atoms with Gasteiger partial charge < -0.3 is 0 Å². The lowest BCUT2D eigenvalue weighted by atomic mass is 9.97. The molecule has 0 bridgehead atoms. The predicted molar refractivity (Wildman–Crippen MR) is 139 cm³/mol. The Kier molecular flexibility index (Phi) is 5.13. The minimum Gasteiger partial charge on any atom is -0.264 e. The Hall–Kier alpha value is -4.63. The monoisotopic (exact) mass is 435 g/mol. The first kappa shape index (κ1) is 20.0. The molecule has 0 spiro atoms. The molecule has 0 atom stereocenters. The molecule has 34 heavy (non-hydrogen) atoms. The van der Waals surface area contributed by atoms with Gasteiger partial charge in [0, 0.05) is 29.7 Å². The molecule has 0 saturated heterocycles. The summed E-state index contributed by atoms with van der Waals surface area (Å²) in [7, 11) is 0. The Bertz CT molecular complexity index is 1570. The zero-order chi connectivity index (χ0) is 22.7. The number of fused-ring (bicyclic) bond motifs is 1. The lowest BCUT2D eigenvalue weighted by Gasteiger charge is -2.09. The molecule has 0 aliphatic heterocycles. The minimum absolute atomic E-state index is 0.721. The van der Waals surface area contributed by atoms with E-state index in [9.17, 15) is 0 Å². The van der Waals surface area contributed by atoms with Crippen molar-refractivity contribution in [1.29, 1.82) is 0 Å². The van der Waals surface area contributed by atoms with Gasteiger partial charge in [0.1, 0.15) is 0 Å². The zero-order valence-electron chi connectivity index (χ0n) is 18.5. The van der Waals surface area contributed by atoms with E-state index in [-0.39, 0.29) is 0 Å². The van der Waals surface area contributed by atoms with Crippen LogP contribution < -0.4 is 0 Å². The molecule has 0 radical (unpaired) electrons. The highest BCUT2D eigenvalue weighted by Crippen LogP contribution is 2.30. The fourth-order valence-corrected chi connectivity index (χ4v) is 4.30. The second-order valence-electron chi connectivity index (χ2n) is 8.19. The van der Waals surface area contributed by atoms with Gasteiger partial charge in [0.05, 0.1) is 5.69 Å². The van der Waals surface area contributed by atoms with E-state index in [1.165, 1.54) is 21.9 Å². The van der Waals surface area contributed by atoms with E-state index >= 15 is 0 Å². The Balaban J connectivity index is 1.30. The molecular formula is C31H21N3. The fourth-order valence-electron chi connectivity index (χ4n) is 4.30. The van der Waals surface area contributed by atoms with Crippen molar-refractivity contribution in [3.05, 3.63) is 128 Å². The molecule has 6 rings (SSSR count). The number of pyridine rings is 1. The molecular weight excluding hydrogens is 414 g/mol. The third-order valence-electron chi connectivity index (χ3n) is 6.07. The zero-order valence-corrected chi connectivity index (χ0v) is 18.5. The Labute approximate surface area is 198 Å². The van der Waals surface area contributed by atoms with Gasteiger partial charge in [0.15, 0.2) is 5.82 Å². The molecule has 6 aromatic rings. The van der Waals surface area contributed by atoms with Crippen LogP contribution in [0.3, 0.4) is 0 Å². The Morgan fingerprint density at radius 2 is 1.21 bits per heavy atom. The SMILES string of the molecule is c1cncc(-c2ccc(-c3ccnc(-c4ccc(-c5cccc6ccccc56)cc4)n3)cc2)c1. The largest absolute Gasteiger partial charge is 0.264 e. The summed E-state index contributed by atoms with van der Waals surface area (Å²) in [6, 6.07) is 37.8. The maximum Gasteiger partial charge on any atom is 0.159 e. The number of rotatable bonds is 4. The second kappa shape index (κ2) is 8.72. The molecule has 0 fully saturated rings. The summed E-state index contributed by atoms with van der Waals surface area (Å²) in [5.74, 6) is 0.721. The molecule has 3 heteroatoms. The van der Waals surface area contributed by atoms with Crippen LogP contribution in [-0.4, -0.2) is 15.0 Å². The molecule has 0 aliphatic rings. The molecule has 0 amide bonds. The van der Waals surface area contributed by atoms with E-state index in [4.69, 9.17) is 4.98 Å². The van der Waals surface area contributed by atoms with Crippen LogP contribution in [0.4, 0.5) is 0 Å². The first-order valence-electron chi connectivity index (χ1n) is 11.3. The molecule has 160 valence electrons. The molecule has 4 aromatic carbocycles. The van der Waals surface area contributed by atoms with E-state index < -0.39 is 0 Å². The average Bonchev–Trinajstić information content (AvgIpc) is 2.93. The molecule has 2 aromatic heterocycles. The van der Waals surface area contributed by atoms with Gasteiger partial charge in [-0.25, -0.2) is 9.97 Å². The summed E-state index contributed by atoms with van der Waals surface area (Å²) in [5, 5.41) is 2.50. The molecule has 0 unspecified atom stereocenters. The number of aromatic nitrogens is 3. The fraction of sp³-hybridized carbons (Fsp3) is 0. The van der Waals surface area contributed by atoms with Gasteiger partial charge in [-0.05, 0) is 45.2 Å². The van der Waals surface area contributed by atoms with E-state index in [1.54, 1.807) is 6.20 Å². The quantitative estimate of drug-likeness (QED) is 0.285. The van der Waals surface area contributed by atoms with Gasteiger partial charge in [0.25, 0.3) is 0 Å². The van der Waals surface area contributed by atoms with Crippen molar-refractivity contribution < 1.29 is 0 Å². The summed E-state index contributed by atoms with van der Waals surface area (Å²) in [4.78, 5) is 13.6. The lowest BCUT2D eigenvalue weighted by molar-refractivity contribution is 1.18. The van der Waals surface area contributed by atoms with Crippen molar-refractivity contribution in [1.82, 2.24) is 15.0 Å². The van der Waals surface area contributed by atoms with Crippen LogP contribution in [0.5, 0.6) is 0 Å². The predicted octanol–water partition coefficient (Wildman–Crippen LogP) is 7.69. The van der Waals surface area contributed by atoms with Crippen molar-refractivity contribution in [3.63, 3.8) is 0 Å². The van der Waals surface area contributed by atoms with Crippen LogP contribution >= 0.6 is 0 Å². The van der Waals surface area contributed by atoms with Gasteiger partial charge >= 0.3 is 0 Å². The van der Waals surface area contributed by atoms with E-state index in [0.29, 0.717) is 0 Å². The van der Waals surface area contributed by atoms with Gasteiger partial charge in [-0.1, -0.05) is 97.1 Å². The lowest BCUT2D eigenvalue weighted by Crippen LogP contribution is -1.92. The normalized spacial score (nSPS) is 10.9. The van der Waals surface area contributed by atoms with E-state index in [2.05, 4.69) is 107 Å². The van der Waals surface area contributed by atoms with Crippen molar-refractivity contribution in [2.75, 3.05) is 0 Å². The second-order valence-corrected chi connectivity index (χ2v) is 8.19. The van der Waals surface area contributed by atoms with E-state index in [1.807, 2.05) is 24.5 Å². The maximum absolute atomic E-state index is 4.84. The summed E-state index contributed by atoms with van der Waals surface area (Å²) in [6.07, 6.45) is 5.49. The van der Waals surface area contributed by atoms with Crippen LogP contribution in [0.2, 0.25) is 0 Å². The van der Waals surface area contributed by atoms with Gasteiger partial charge in [-0.15, -0.1) is 0 Å². The van der Waals surface area contributed by atoms with Gasteiger partial charge in [-0.3, -0.25) is 4.98 Å². The molecule has 0 saturated carbocycles. The smallest absolute Gasteiger partial charge is 0.159 e. The summed E-state index contributed by atoms with van der Waals surface area (Å²) in [5.41, 5.74) is 7.61. The highest BCUT2D eigenvalue weighted by atomic mass is 14.9. The van der Waals surface area contributed by atoms with Gasteiger partial charge in [0.2, 0.25) is 0 Å². The highest BCUT2D eigenvalue weighted by molar-refractivity contribution is 5.96. The van der Waals surface area contributed by atoms with Crippen molar-refractivity contribution in [3.8, 4) is 44.9 Å². The molecule has 0 aliphatic carbocycles. The summed E-state index contributed by atoms with van der Waals surface area (Å²) < 4.78 is 0. The van der Waals surface area contributed by atoms with Gasteiger partial charge in [-0.2, -0.15) is 0 Å². The summed E-state index contributed by atoms with van der Waals surface area (Å²) in [6.45, 7) is 0. The standard InChI is InChI=1S/C31H21N3/c1-2-8-28-23(5-1)6-3-9-29(28)24-12-16-26(17-13-24)31-33-20-18-30(34-31)25-14-10-22(11-15-25)27-7-4-19-32-21-27/h1-21H. The first-order chi connectivity index (χ1) is 16.8. The summed E-state index contributed by atoms with van der Waals surface area (Å²) >= 11 is 0. The number of hydrogen-bond acceptors (Lipinski definition) is 3. The van der Waals surface area contributed by atoms with Crippen molar-refractivity contribution in [2.45, 2.75) is 0 Å². The Morgan fingerprint density at radius 1 is 0.471 bits per heavy atom. The molecule has 3 nitrogen and oxygen atoms in total. The van der Waals surface area contributed by atoms with Crippen LogP contribution in [0.15, 0.2) is 128 Å². The third-order valence-corrected chi connectivity index (χ3v) is 6.07. The molecule has 2 heterocycles. The van der Waals surface area contributed by atoms with Crippen LogP contribution in [0.1, 0.15) is 0 Å². The number of nitrogens with zero attached hydrogens (tertiary/aromatic N) is 3. The number of hydrogen-bond donors (Lipinski definition) is 0. The minimum atomic E-state index is 0.721. The Morgan fingerprint density at radius 3 is 2.03 bits per heavy atom. The highest BCUT2D eigenvalue weighted by Gasteiger charge is 2.08. The topological polar surface area (TPSA) is 38.7 Å². The first-order valence-corrected chi connectivity index (χ1v) is 11.3. The third kappa shape index (κ3) is 3.84. The van der Waals surface area contributed by atoms with Crippen molar-refractivity contribution >= 4 is 10.8 Å².